The Balaban J connectivity index is 2.81. The van der Waals surface area contributed by atoms with Crippen molar-refractivity contribution in [1.82, 2.24) is 15.7 Å². The van der Waals surface area contributed by atoms with Crippen LogP contribution in [0, 0.1) is 6.92 Å². The second-order valence-corrected chi connectivity index (χ2v) is 2.22. The number of aryl methyl sites for hydroxylation is 1. The lowest BCUT2D eigenvalue weighted by Gasteiger charge is -2.00. The molecule has 0 radical (unpaired) electrons. The first-order valence-corrected chi connectivity index (χ1v) is 3.36. The highest BCUT2D eigenvalue weighted by Gasteiger charge is 2.04. The quantitative estimate of drug-likeness (QED) is 0.633. The molecule has 0 spiro atoms. The first kappa shape index (κ1) is 8.61. The standard InChI is InChI=1S/C7H9N3O2/c1-5-3-6(4-8-9-5)7(11)10-12-2/h3-4H,1-2H3,(H,10,11). The molecule has 0 atom stereocenters. The lowest BCUT2D eigenvalue weighted by molar-refractivity contribution is 0.0537. The molecule has 0 aromatic carbocycles. The van der Waals surface area contributed by atoms with Gasteiger partial charge >= 0.3 is 0 Å². The van der Waals surface area contributed by atoms with E-state index in [9.17, 15) is 4.79 Å². The molecule has 0 saturated heterocycles. The number of carbonyl (C=O) groups excluding carboxylic acids is 1. The Bertz CT molecular complexity index is 288. The fourth-order valence-electron chi connectivity index (χ4n) is 0.749. The largest absolute Gasteiger partial charge is 0.277 e. The molecule has 5 heteroatoms. The number of aromatic nitrogens is 2. The van der Waals surface area contributed by atoms with E-state index in [1.807, 2.05) is 0 Å². The molecule has 0 aliphatic heterocycles. The van der Waals surface area contributed by atoms with E-state index >= 15 is 0 Å². The summed E-state index contributed by atoms with van der Waals surface area (Å²) in [5.74, 6) is -0.324. The van der Waals surface area contributed by atoms with Crippen molar-refractivity contribution in [3.8, 4) is 0 Å². The normalized spacial score (nSPS) is 9.50. The summed E-state index contributed by atoms with van der Waals surface area (Å²) in [4.78, 5) is 15.5. The van der Waals surface area contributed by atoms with Gasteiger partial charge in [-0.15, -0.1) is 0 Å². The molecule has 1 heterocycles. The Hall–Kier alpha value is -1.49. The fourth-order valence-corrected chi connectivity index (χ4v) is 0.749. The van der Waals surface area contributed by atoms with Gasteiger partial charge in [0.15, 0.2) is 0 Å². The molecule has 1 aromatic rings. The van der Waals surface area contributed by atoms with Gasteiger partial charge in [-0.2, -0.15) is 10.2 Å². The first-order valence-electron chi connectivity index (χ1n) is 3.36. The number of hydrogen-bond donors (Lipinski definition) is 1. The van der Waals surface area contributed by atoms with Crippen LogP contribution < -0.4 is 5.48 Å². The zero-order valence-electron chi connectivity index (χ0n) is 6.87. The molecular formula is C7H9N3O2. The van der Waals surface area contributed by atoms with Crippen LogP contribution in [0.4, 0.5) is 0 Å². The predicted molar refractivity (Wildman–Crippen MR) is 41.2 cm³/mol. The van der Waals surface area contributed by atoms with Crippen LogP contribution in [-0.4, -0.2) is 23.2 Å². The average molecular weight is 167 g/mol. The van der Waals surface area contributed by atoms with E-state index < -0.39 is 0 Å². The number of nitrogens with one attached hydrogen (secondary N) is 1. The summed E-state index contributed by atoms with van der Waals surface area (Å²) in [5.41, 5.74) is 3.31. The molecule has 1 rings (SSSR count). The highest BCUT2D eigenvalue weighted by Crippen LogP contribution is 1.97. The number of nitrogens with zero attached hydrogens (tertiary/aromatic N) is 2. The molecule has 0 saturated carbocycles. The van der Waals surface area contributed by atoms with Crippen molar-refractivity contribution in [1.29, 1.82) is 0 Å². The third kappa shape index (κ3) is 2.00. The molecule has 1 amide bonds. The highest BCUT2D eigenvalue weighted by atomic mass is 16.6. The smallest absolute Gasteiger partial charge is 0.276 e. The molecule has 1 N–H and O–H groups in total. The predicted octanol–water partition coefficient (Wildman–Crippen LogP) is 0.0762. The Labute approximate surface area is 69.7 Å². The number of hydroxylamine groups is 1. The van der Waals surface area contributed by atoms with Crippen LogP contribution >= 0.6 is 0 Å². The number of hydrogen-bond acceptors (Lipinski definition) is 4. The number of amides is 1. The van der Waals surface area contributed by atoms with Crippen molar-refractivity contribution in [2.24, 2.45) is 0 Å². The lowest BCUT2D eigenvalue weighted by atomic mass is 10.2. The maximum atomic E-state index is 11.1. The van der Waals surface area contributed by atoms with Crippen LogP contribution in [0.2, 0.25) is 0 Å². The monoisotopic (exact) mass is 167 g/mol. The third-order valence-corrected chi connectivity index (χ3v) is 1.23. The van der Waals surface area contributed by atoms with E-state index in [1.54, 1.807) is 13.0 Å². The second-order valence-electron chi connectivity index (χ2n) is 2.22. The van der Waals surface area contributed by atoms with E-state index in [-0.39, 0.29) is 5.91 Å². The Morgan fingerprint density at radius 1 is 1.67 bits per heavy atom. The topological polar surface area (TPSA) is 64.1 Å². The summed E-state index contributed by atoms with van der Waals surface area (Å²) in [6, 6.07) is 1.63. The molecule has 1 aromatic heterocycles. The minimum absolute atomic E-state index is 0.324. The molecule has 5 nitrogen and oxygen atoms in total. The molecular weight excluding hydrogens is 158 g/mol. The summed E-state index contributed by atoms with van der Waals surface area (Å²) in [7, 11) is 1.37. The summed E-state index contributed by atoms with van der Waals surface area (Å²) in [5, 5.41) is 7.33. The van der Waals surface area contributed by atoms with Crippen LogP contribution in [-0.2, 0) is 4.84 Å². The van der Waals surface area contributed by atoms with E-state index in [4.69, 9.17) is 0 Å². The molecule has 12 heavy (non-hydrogen) atoms. The molecule has 0 fully saturated rings. The van der Waals surface area contributed by atoms with E-state index in [0.29, 0.717) is 11.3 Å². The molecule has 64 valence electrons. The van der Waals surface area contributed by atoms with Gasteiger partial charge in [-0.1, -0.05) is 0 Å². The van der Waals surface area contributed by atoms with Gasteiger partial charge < -0.3 is 0 Å². The fraction of sp³-hybridized carbons (Fsp3) is 0.286. The van der Waals surface area contributed by atoms with E-state index in [1.165, 1.54) is 13.3 Å². The minimum atomic E-state index is -0.324. The minimum Gasteiger partial charge on any atom is -0.277 e. The summed E-state index contributed by atoms with van der Waals surface area (Å²) in [6.07, 6.45) is 1.38. The zero-order chi connectivity index (χ0) is 8.97. The van der Waals surface area contributed by atoms with Crippen molar-refractivity contribution in [3.05, 3.63) is 23.5 Å². The maximum Gasteiger partial charge on any atom is 0.276 e. The zero-order valence-corrected chi connectivity index (χ0v) is 6.87. The van der Waals surface area contributed by atoms with Gasteiger partial charge in [0.25, 0.3) is 5.91 Å². The van der Waals surface area contributed by atoms with Gasteiger partial charge in [-0.05, 0) is 13.0 Å². The van der Waals surface area contributed by atoms with Gasteiger partial charge in [0.1, 0.15) is 0 Å². The highest BCUT2D eigenvalue weighted by molar-refractivity contribution is 5.93. The van der Waals surface area contributed by atoms with Gasteiger partial charge in [-0.3, -0.25) is 9.63 Å². The van der Waals surface area contributed by atoms with Crippen LogP contribution in [0.5, 0.6) is 0 Å². The second kappa shape index (κ2) is 3.77. The first-order chi connectivity index (χ1) is 5.74. The van der Waals surface area contributed by atoms with Gasteiger partial charge in [-0.25, -0.2) is 5.48 Å². The van der Waals surface area contributed by atoms with Crippen LogP contribution in [0.3, 0.4) is 0 Å². The Kier molecular flexibility index (Phi) is 2.71. The van der Waals surface area contributed by atoms with Gasteiger partial charge in [0.2, 0.25) is 0 Å². The number of rotatable bonds is 2. The average Bonchev–Trinajstić information content (AvgIpc) is 2.05. The summed E-state index contributed by atoms with van der Waals surface area (Å²) < 4.78 is 0. The Morgan fingerprint density at radius 3 is 3.00 bits per heavy atom. The maximum absolute atomic E-state index is 11.1. The lowest BCUT2D eigenvalue weighted by Crippen LogP contribution is -2.22. The van der Waals surface area contributed by atoms with E-state index in [2.05, 4.69) is 20.5 Å². The number of carbonyl (C=O) groups is 1. The van der Waals surface area contributed by atoms with Gasteiger partial charge in [0, 0.05) is 0 Å². The molecule has 0 aliphatic carbocycles. The Morgan fingerprint density at radius 2 is 2.42 bits per heavy atom. The molecule has 0 unspecified atom stereocenters. The molecule has 0 aliphatic rings. The van der Waals surface area contributed by atoms with Crippen molar-refractivity contribution in [2.75, 3.05) is 7.11 Å². The van der Waals surface area contributed by atoms with Crippen LogP contribution in [0.25, 0.3) is 0 Å². The summed E-state index contributed by atoms with van der Waals surface area (Å²) in [6.45, 7) is 1.76. The van der Waals surface area contributed by atoms with Crippen LogP contribution in [0.15, 0.2) is 12.3 Å². The van der Waals surface area contributed by atoms with Crippen LogP contribution in [0.1, 0.15) is 16.1 Å². The summed E-state index contributed by atoms with van der Waals surface area (Å²) >= 11 is 0. The van der Waals surface area contributed by atoms with Crippen molar-refractivity contribution in [2.45, 2.75) is 6.92 Å². The van der Waals surface area contributed by atoms with Crippen molar-refractivity contribution >= 4 is 5.91 Å². The van der Waals surface area contributed by atoms with Crippen molar-refractivity contribution < 1.29 is 9.63 Å². The van der Waals surface area contributed by atoms with Crippen molar-refractivity contribution in [3.63, 3.8) is 0 Å². The van der Waals surface area contributed by atoms with Gasteiger partial charge in [0.05, 0.1) is 24.6 Å². The SMILES string of the molecule is CONC(=O)c1cnnc(C)c1. The van der Waals surface area contributed by atoms with E-state index in [0.717, 1.165) is 0 Å². The third-order valence-electron chi connectivity index (χ3n) is 1.23. The molecule has 0 bridgehead atoms.